The lowest BCUT2D eigenvalue weighted by molar-refractivity contribution is 0.317. The van der Waals surface area contributed by atoms with Gasteiger partial charge in [0.15, 0.2) is 0 Å². The number of benzene rings is 1. The van der Waals surface area contributed by atoms with Crippen molar-refractivity contribution in [1.82, 2.24) is 5.43 Å². The molecular formula is C17H28N2O. The van der Waals surface area contributed by atoms with Crippen LogP contribution in [0.1, 0.15) is 63.5 Å². The molecule has 1 aliphatic rings. The monoisotopic (exact) mass is 276 g/mol. The second kappa shape index (κ2) is 8.28. The molecule has 3 heteroatoms. The molecule has 3 N–H and O–H groups in total. The van der Waals surface area contributed by atoms with Crippen molar-refractivity contribution >= 4 is 0 Å². The normalized spacial score (nSPS) is 17.3. The Balaban J connectivity index is 1.85. The number of hydrogen-bond donors (Lipinski definition) is 2. The third kappa shape index (κ3) is 4.50. The molecule has 1 atom stereocenters. The maximum atomic E-state index is 5.73. The molecule has 1 saturated carbocycles. The minimum absolute atomic E-state index is 0.260. The molecule has 2 rings (SSSR count). The van der Waals surface area contributed by atoms with E-state index >= 15 is 0 Å². The summed E-state index contributed by atoms with van der Waals surface area (Å²) in [6, 6.07) is 8.61. The first kappa shape index (κ1) is 15.3. The van der Waals surface area contributed by atoms with Crippen LogP contribution in [0.5, 0.6) is 5.75 Å². The highest BCUT2D eigenvalue weighted by Gasteiger charge is 2.17. The zero-order chi connectivity index (χ0) is 14.2. The first-order chi connectivity index (χ1) is 9.83. The van der Waals surface area contributed by atoms with Crippen molar-refractivity contribution in [1.29, 1.82) is 0 Å². The molecule has 112 valence electrons. The molecule has 0 bridgehead atoms. The molecule has 0 radical (unpaired) electrons. The Kier molecular flexibility index (Phi) is 6.34. The minimum Gasteiger partial charge on any atom is -0.494 e. The zero-order valence-corrected chi connectivity index (χ0v) is 12.6. The van der Waals surface area contributed by atoms with Crippen LogP contribution >= 0.6 is 0 Å². The van der Waals surface area contributed by atoms with Gasteiger partial charge in [0, 0.05) is 6.04 Å². The Labute approximate surface area is 122 Å². The van der Waals surface area contributed by atoms with Crippen LogP contribution in [0.3, 0.4) is 0 Å². The molecule has 20 heavy (non-hydrogen) atoms. The Hall–Kier alpha value is -1.06. The maximum Gasteiger partial charge on any atom is 0.119 e. The minimum atomic E-state index is 0.260. The highest BCUT2D eigenvalue weighted by atomic mass is 16.5. The second-order valence-electron chi connectivity index (χ2n) is 5.86. The standard InChI is InChI=1S/C17H28N2O/c1-2-13-20-16-10-8-15(9-11-16)17(19-18)12-7-14-5-3-4-6-14/h8-11,14,17,19H,2-7,12-13,18H2,1H3. The lowest BCUT2D eigenvalue weighted by Gasteiger charge is -2.19. The summed E-state index contributed by atoms with van der Waals surface area (Å²) < 4.78 is 5.61. The van der Waals surface area contributed by atoms with Crippen LogP contribution in [0.15, 0.2) is 24.3 Å². The molecule has 1 fully saturated rings. The van der Waals surface area contributed by atoms with Gasteiger partial charge in [0.05, 0.1) is 6.61 Å². The first-order valence-corrected chi connectivity index (χ1v) is 8.02. The zero-order valence-electron chi connectivity index (χ0n) is 12.6. The van der Waals surface area contributed by atoms with Crippen molar-refractivity contribution in [2.75, 3.05) is 6.61 Å². The Bertz CT molecular complexity index is 371. The lowest BCUT2D eigenvalue weighted by Crippen LogP contribution is -2.28. The van der Waals surface area contributed by atoms with Crippen LogP contribution < -0.4 is 16.0 Å². The van der Waals surface area contributed by atoms with E-state index < -0.39 is 0 Å². The SMILES string of the molecule is CCCOc1ccc(C(CCC2CCCC2)NN)cc1. The van der Waals surface area contributed by atoms with Crippen molar-refractivity contribution in [2.24, 2.45) is 11.8 Å². The van der Waals surface area contributed by atoms with E-state index in [2.05, 4.69) is 24.5 Å². The average molecular weight is 276 g/mol. The molecule has 0 spiro atoms. The van der Waals surface area contributed by atoms with Gasteiger partial charge in [-0.2, -0.15) is 0 Å². The molecule has 0 aromatic heterocycles. The number of hydrogen-bond acceptors (Lipinski definition) is 3. The number of ether oxygens (including phenoxy) is 1. The molecule has 0 saturated heterocycles. The van der Waals surface area contributed by atoms with Gasteiger partial charge in [0.25, 0.3) is 0 Å². The molecular weight excluding hydrogens is 248 g/mol. The molecule has 0 amide bonds. The van der Waals surface area contributed by atoms with E-state index in [1.165, 1.54) is 37.7 Å². The van der Waals surface area contributed by atoms with Gasteiger partial charge in [0.1, 0.15) is 5.75 Å². The second-order valence-corrected chi connectivity index (χ2v) is 5.86. The summed E-state index contributed by atoms with van der Waals surface area (Å²) in [4.78, 5) is 0. The predicted octanol–water partition coefficient (Wildman–Crippen LogP) is 3.95. The smallest absolute Gasteiger partial charge is 0.119 e. The van der Waals surface area contributed by atoms with Crippen LogP contribution in [0, 0.1) is 5.92 Å². The highest BCUT2D eigenvalue weighted by molar-refractivity contribution is 5.29. The first-order valence-electron chi connectivity index (χ1n) is 8.02. The summed E-state index contributed by atoms with van der Waals surface area (Å²) in [5, 5.41) is 0. The van der Waals surface area contributed by atoms with E-state index in [1.54, 1.807) is 0 Å². The van der Waals surface area contributed by atoms with Gasteiger partial charge in [0.2, 0.25) is 0 Å². The molecule has 1 aromatic carbocycles. The molecule has 0 heterocycles. The van der Waals surface area contributed by atoms with E-state index in [9.17, 15) is 0 Å². The van der Waals surface area contributed by atoms with Crippen LogP contribution in [0.4, 0.5) is 0 Å². The molecule has 1 aromatic rings. The van der Waals surface area contributed by atoms with Gasteiger partial charge in [-0.15, -0.1) is 0 Å². The number of nitrogens with one attached hydrogen (secondary N) is 1. The van der Waals surface area contributed by atoms with Gasteiger partial charge >= 0.3 is 0 Å². The molecule has 1 aliphatic carbocycles. The summed E-state index contributed by atoms with van der Waals surface area (Å²) in [5.74, 6) is 7.59. The third-order valence-corrected chi connectivity index (χ3v) is 4.29. The largest absolute Gasteiger partial charge is 0.494 e. The van der Waals surface area contributed by atoms with Gasteiger partial charge < -0.3 is 4.74 Å². The van der Waals surface area contributed by atoms with Crippen molar-refractivity contribution < 1.29 is 4.74 Å². The number of rotatable bonds is 8. The van der Waals surface area contributed by atoms with Crippen molar-refractivity contribution in [3.8, 4) is 5.75 Å². The summed E-state index contributed by atoms with van der Waals surface area (Å²) in [5.41, 5.74) is 4.22. The summed E-state index contributed by atoms with van der Waals surface area (Å²) in [7, 11) is 0. The van der Waals surface area contributed by atoms with Crippen LogP contribution in [-0.2, 0) is 0 Å². The van der Waals surface area contributed by atoms with Crippen molar-refractivity contribution in [3.63, 3.8) is 0 Å². The fourth-order valence-corrected chi connectivity index (χ4v) is 3.06. The van der Waals surface area contributed by atoms with E-state index in [0.717, 1.165) is 31.1 Å². The summed E-state index contributed by atoms with van der Waals surface area (Å²) in [6.45, 7) is 2.89. The van der Waals surface area contributed by atoms with Crippen molar-refractivity contribution in [2.45, 2.75) is 57.9 Å². The number of nitrogens with two attached hydrogens (primary N) is 1. The van der Waals surface area contributed by atoms with Crippen molar-refractivity contribution in [3.05, 3.63) is 29.8 Å². The average Bonchev–Trinajstić information content (AvgIpc) is 3.00. The lowest BCUT2D eigenvalue weighted by atomic mass is 9.95. The predicted molar refractivity (Wildman–Crippen MR) is 83.5 cm³/mol. The molecule has 1 unspecified atom stereocenters. The fraction of sp³-hybridized carbons (Fsp3) is 0.647. The highest BCUT2D eigenvalue weighted by Crippen LogP contribution is 2.31. The number of hydrazine groups is 1. The maximum absolute atomic E-state index is 5.73. The van der Waals surface area contributed by atoms with E-state index in [1.807, 2.05) is 12.1 Å². The van der Waals surface area contributed by atoms with Gasteiger partial charge in [-0.1, -0.05) is 44.7 Å². The van der Waals surface area contributed by atoms with Crippen LogP contribution in [0.2, 0.25) is 0 Å². The van der Waals surface area contributed by atoms with E-state index in [-0.39, 0.29) is 6.04 Å². The summed E-state index contributed by atoms with van der Waals surface area (Å²) >= 11 is 0. The van der Waals surface area contributed by atoms with Gasteiger partial charge in [-0.3, -0.25) is 11.3 Å². The molecule has 0 aliphatic heterocycles. The Morgan fingerprint density at radius 2 is 1.95 bits per heavy atom. The van der Waals surface area contributed by atoms with E-state index in [0.29, 0.717) is 0 Å². The van der Waals surface area contributed by atoms with Gasteiger partial charge in [-0.25, -0.2) is 0 Å². The Morgan fingerprint density at radius 1 is 1.25 bits per heavy atom. The topological polar surface area (TPSA) is 47.3 Å². The summed E-state index contributed by atoms with van der Waals surface area (Å²) in [6.07, 6.45) is 9.07. The van der Waals surface area contributed by atoms with Gasteiger partial charge in [-0.05, 0) is 42.9 Å². The molecule has 3 nitrogen and oxygen atoms in total. The van der Waals surface area contributed by atoms with E-state index in [4.69, 9.17) is 10.6 Å². The Morgan fingerprint density at radius 3 is 2.55 bits per heavy atom. The fourth-order valence-electron chi connectivity index (χ4n) is 3.06. The van der Waals surface area contributed by atoms with Crippen LogP contribution in [0.25, 0.3) is 0 Å². The third-order valence-electron chi connectivity index (χ3n) is 4.29. The quantitative estimate of drug-likeness (QED) is 0.558. The van der Waals surface area contributed by atoms with Crippen LogP contribution in [-0.4, -0.2) is 6.61 Å².